The first-order valence-corrected chi connectivity index (χ1v) is 7.16. The zero-order valence-electron chi connectivity index (χ0n) is 9.45. The van der Waals surface area contributed by atoms with Gasteiger partial charge in [-0.05, 0) is 31.6 Å². The molecule has 1 aliphatic rings. The molecule has 0 N–H and O–H groups in total. The quantitative estimate of drug-likeness (QED) is 0.541. The maximum atomic E-state index is 12.0. The van der Waals surface area contributed by atoms with Gasteiger partial charge in [-0.25, -0.2) is 0 Å². The van der Waals surface area contributed by atoms with Crippen molar-refractivity contribution in [3.63, 3.8) is 0 Å². The number of rotatable bonds is 4. The summed E-state index contributed by atoms with van der Waals surface area (Å²) >= 11 is 2.22. The lowest BCUT2D eigenvalue weighted by molar-refractivity contribution is -0.159. The Morgan fingerprint density at radius 2 is 1.88 bits per heavy atom. The predicted octanol–water partition coefficient (Wildman–Crippen LogP) is 4.34. The average Bonchev–Trinajstić information content (AvgIpc) is 2.20. The topological polar surface area (TPSA) is 9.23 Å². The minimum absolute atomic E-state index is 0.194. The van der Waals surface area contributed by atoms with E-state index in [-0.39, 0.29) is 12.2 Å². The molecule has 0 aromatic heterocycles. The smallest absolute Gasteiger partial charge is 0.374 e. The highest BCUT2D eigenvalue weighted by Gasteiger charge is 2.35. The van der Waals surface area contributed by atoms with Crippen molar-refractivity contribution < 1.29 is 17.9 Å². The maximum Gasteiger partial charge on any atom is 0.391 e. The van der Waals surface area contributed by atoms with Gasteiger partial charge in [-0.1, -0.05) is 29.5 Å². The van der Waals surface area contributed by atoms with Crippen molar-refractivity contribution in [2.75, 3.05) is 11.0 Å². The lowest BCUT2D eigenvalue weighted by Crippen LogP contribution is -2.39. The molecule has 0 unspecified atom stereocenters. The van der Waals surface area contributed by atoms with E-state index in [1.165, 1.54) is 0 Å². The van der Waals surface area contributed by atoms with E-state index in [1.807, 2.05) is 0 Å². The Morgan fingerprint density at radius 3 is 2.31 bits per heavy atom. The van der Waals surface area contributed by atoms with E-state index in [0.29, 0.717) is 5.92 Å². The summed E-state index contributed by atoms with van der Waals surface area (Å²) in [6.07, 6.45) is -1.01. The third kappa shape index (κ3) is 4.77. The van der Waals surface area contributed by atoms with E-state index in [2.05, 4.69) is 29.5 Å². The van der Waals surface area contributed by atoms with Crippen LogP contribution in [-0.2, 0) is 4.74 Å². The summed E-state index contributed by atoms with van der Waals surface area (Å²) in [6, 6.07) is 0. The van der Waals surface area contributed by atoms with Gasteiger partial charge in [0, 0.05) is 4.43 Å². The first kappa shape index (κ1) is 14.5. The zero-order chi connectivity index (χ0) is 12.2. The van der Waals surface area contributed by atoms with Gasteiger partial charge in [-0.3, -0.25) is 0 Å². The third-order valence-electron chi connectivity index (χ3n) is 3.22. The molecule has 16 heavy (non-hydrogen) atoms. The fourth-order valence-corrected chi connectivity index (χ4v) is 2.97. The molecule has 0 spiro atoms. The fourth-order valence-electron chi connectivity index (χ4n) is 1.99. The van der Waals surface area contributed by atoms with Crippen LogP contribution in [0.4, 0.5) is 13.2 Å². The monoisotopic (exact) mass is 350 g/mol. The van der Waals surface area contributed by atoms with Crippen LogP contribution in [0.15, 0.2) is 0 Å². The van der Waals surface area contributed by atoms with Crippen molar-refractivity contribution in [3.05, 3.63) is 0 Å². The third-order valence-corrected chi connectivity index (χ3v) is 4.61. The zero-order valence-corrected chi connectivity index (χ0v) is 11.6. The van der Waals surface area contributed by atoms with Crippen LogP contribution >= 0.6 is 22.6 Å². The summed E-state index contributed by atoms with van der Waals surface area (Å²) in [5.41, 5.74) is -0.293. The molecule has 96 valence electrons. The molecule has 0 aromatic rings. The molecule has 0 bridgehead atoms. The van der Waals surface area contributed by atoms with Crippen LogP contribution in [0.5, 0.6) is 0 Å². The highest BCUT2D eigenvalue weighted by molar-refractivity contribution is 14.1. The average molecular weight is 350 g/mol. The van der Waals surface area contributed by atoms with Crippen molar-refractivity contribution in [3.8, 4) is 0 Å². The second kappa shape index (κ2) is 5.89. The summed E-state index contributed by atoms with van der Waals surface area (Å²) in [5.74, 6) is 0.683. The number of hydrogen-bond acceptors (Lipinski definition) is 1. The van der Waals surface area contributed by atoms with Gasteiger partial charge in [0.05, 0.1) is 18.6 Å². The Labute approximate surface area is 108 Å². The second-order valence-electron chi connectivity index (χ2n) is 4.71. The van der Waals surface area contributed by atoms with Crippen molar-refractivity contribution in [2.45, 2.75) is 50.8 Å². The summed E-state index contributed by atoms with van der Waals surface area (Å²) < 4.78 is 42.4. The van der Waals surface area contributed by atoms with Gasteiger partial charge >= 0.3 is 6.18 Å². The Morgan fingerprint density at radius 1 is 1.31 bits per heavy atom. The largest absolute Gasteiger partial charge is 0.391 e. The summed E-state index contributed by atoms with van der Waals surface area (Å²) in [5, 5.41) is 0. The van der Waals surface area contributed by atoms with Gasteiger partial charge in [0.1, 0.15) is 0 Å². The van der Waals surface area contributed by atoms with Gasteiger partial charge in [0.15, 0.2) is 0 Å². The molecule has 1 fully saturated rings. The van der Waals surface area contributed by atoms with E-state index in [4.69, 9.17) is 4.74 Å². The number of ether oxygens (including phenoxy) is 1. The summed E-state index contributed by atoms with van der Waals surface area (Å²) in [4.78, 5) is 0. The molecule has 0 amide bonds. The molecular weight excluding hydrogens is 332 g/mol. The lowest BCUT2D eigenvalue weighted by atomic mass is 9.80. The number of alkyl halides is 4. The molecule has 1 rings (SSSR count). The van der Waals surface area contributed by atoms with Crippen molar-refractivity contribution >= 4 is 22.6 Å². The van der Waals surface area contributed by atoms with E-state index >= 15 is 0 Å². The molecular formula is C11H18F3IO. The molecule has 1 aliphatic carbocycles. The van der Waals surface area contributed by atoms with E-state index in [0.717, 1.165) is 30.1 Å². The lowest BCUT2D eigenvalue weighted by Gasteiger charge is -2.38. The van der Waals surface area contributed by atoms with E-state index in [1.54, 1.807) is 0 Å². The molecule has 0 radical (unpaired) electrons. The van der Waals surface area contributed by atoms with Crippen LogP contribution in [-0.4, -0.2) is 22.8 Å². The first-order chi connectivity index (χ1) is 7.37. The van der Waals surface area contributed by atoms with Crippen molar-refractivity contribution in [2.24, 2.45) is 5.92 Å². The minimum atomic E-state index is -4.10. The molecule has 0 aliphatic heterocycles. The molecule has 5 heteroatoms. The molecule has 0 saturated heterocycles. The van der Waals surface area contributed by atoms with Crippen LogP contribution in [0.2, 0.25) is 0 Å². The normalized spacial score (nSPS) is 31.7. The van der Waals surface area contributed by atoms with Gasteiger partial charge in [0.25, 0.3) is 0 Å². The number of hydrogen-bond donors (Lipinski definition) is 0. The second-order valence-corrected chi connectivity index (χ2v) is 5.48. The predicted molar refractivity (Wildman–Crippen MR) is 65.9 cm³/mol. The minimum Gasteiger partial charge on any atom is -0.374 e. The SMILES string of the molecule is CC1CCC(CI)(OCCC(F)(F)F)CC1. The highest BCUT2D eigenvalue weighted by Crippen LogP contribution is 2.36. The first-order valence-electron chi connectivity index (χ1n) is 5.64. The highest BCUT2D eigenvalue weighted by atomic mass is 127. The van der Waals surface area contributed by atoms with Crippen LogP contribution < -0.4 is 0 Å². The van der Waals surface area contributed by atoms with Gasteiger partial charge in [-0.15, -0.1) is 0 Å². The van der Waals surface area contributed by atoms with Crippen LogP contribution in [0.3, 0.4) is 0 Å². The van der Waals surface area contributed by atoms with Gasteiger partial charge in [0.2, 0.25) is 0 Å². The molecule has 0 heterocycles. The molecule has 1 saturated carbocycles. The standard InChI is InChI=1S/C11H18F3IO/c1-9-2-4-10(8-15,5-3-9)16-7-6-11(12,13)14/h9H,2-8H2,1H3. The number of halogens is 4. The van der Waals surface area contributed by atoms with Crippen molar-refractivity contribution in [1.29, 1.82) is 0 Å². The van der Waals surface area contributed by atoms with Crippen LogP contribution in [0, 0.1) is 5.92 Å². The van der Waals surface area contributed by atoms with Gasteiger partial charge < -0.3 is 4.74 Å². The van der Waals surface area contributed by atoms with E-state index < -0.39 is 12.6 Å². The Bertz CT molecular complexity index is 210. The Hall–Kier alpha value is 0.480. The Kier molecular flexibility index (Phi) is 5.35. The fraction of sp³-hybridized carbons (Fsp3) is 1.00. The molecule has 0 atom stereocenters. The van der Waals surface area contributed by atoms with Gasteiger partial charge in [-0.2, -0.15) is 13.2 Å². The maximum absolute atomic E-state index is 12.0. The van der Waals surface area contributed by atoms with Crippen LogP contribution in [0.25, 0.3) is 0 Å². The van der Waals surface area contributed by atoms with Crippen LogP contribution in [0.1, 0.15) is 39.0 Å². The molecule has 0 aromatic carbocycles. The Balaban J connectivity index is 2.36. The summed E-state index contributed by atoms with van der Waals surface area (Å²) in [7, 11) is 0. The molecule has 1 nitrogen and oxygen atoms in total. The summed E-state index contributed by atoms with van der Waals surface area (Å²) in [6.45, 7) is 1.99. The van der Waals surface area contributed by atoms with Crippen molar-refractivity contribution in [1.82, 2.24) is 0 Å². The van der Waals surface area contributed by atoms with E-state index in [9.17, 15) is 13.2 Å².